The quantitative estimate of drug-likeness (QED) is 0.722. The molecule has 2 N–H and O–H groups in total. The molecule has 0 saturated carbocycles. The molecular weight excluding hydrogens is 322 g/mol. The Hall–Kier alpha value is -2.16. The van der Waals surface area contributed by atoms with Gasteiger partial charge in [-0.1, -0.05) is 0 Å². The Labute approximate surface area is 134 Å². The molecule has 2 rings (SSSR count). The molecule has 0 spiro atoms. The Kier molecular flexibility index (Phi) is 5.54. The van der Waals surface area contributed by atoms with E-state index in [9.17, 15) is 18.0 Å². The molecule has 1 aromatic rings. The molecule has 1 aromatic heterocycles. The van der Waals surface area contributed by atoms with Gasteiger partial charge in [0.25, 0.3) is 5.91 Å². The lowest BCUT2D eigenvalue weighted by molar-refractivity contribution is -0.121. The van der Waals surface area contributed by atoms with Crippen molar-refractivity contribution in [2.45, 2.75) is 18.9 Å². The highest BCUT2D eigenvalue weighted by molar-refractivity contribution is 7.91. The Morgan fingerprint density at radius 2 is 2.22 bits per heavy atom. The SMILES string of the molecule is COc1ncccc1C(=O)NCCC(=O)N[C@H]1CCS(=O)(=O)C1. The Bertz CT molecular complexity index is 689. The minimum Gasteiger partial charge on any atom is -0.480 e. The summed E-state index contributed by atoms with van der Waals surface area (Å²) in [4.78, 5) is 27.7. The first kappa shape index (κ1) is 17.2. The number of aromatic nitrogens is 1. The lowest BCUT2D eigenvalue weighted by Crippen LogP contribution is -2.37. The van der Waals surface area contributed by atoms with Crippen molar-refractivity contribution in [2.75, 3.05) is 25.2 Å². The normalized spacial score (nSPS) is 19.1. The third kappa shape index (κ3) is 4.92. The van der Waals surface area contributed by atoms with Crippen LogP contribution < -0.4 is 15.4 Å². The maximum Gasteiger partial charge on any atom is 0.256 e. The predicted octanol–water partition coefficient (Wildman–Crippen LogP) is -0.487. The molecule has 0 aliphatic carbocycles. The third-order valence-corrected chi connectivity index (χ3v) is 5.21. The molecule has 1 aliphatic heterocycles. The molecule has 0 aromatic carbocycles. The molecule has 1 saturated heterocycles. The van der Waals surface area contributed by atoms with Gasteiger partial charge < -0.3 is 15.4 Å². The van der Waals surface area contributed by atoms with Crippen LogP contribution in [0.4, 0.5) is 0 Å². The number of rotatable bonds is 6. The van der Waals surface area contributed by atoms with E-state index in [0.717, 1.165) is 0 Å². The summed E-state index contributed by atoms with van der Waals surface area (Å²) in [5.74, 6) is -0.365. The number of carbonyl (C=O) groups is 2. The zero-order chi connectivity index (χ0) is 16.9. The van der Waals surface area contributed by atoms with E-state index < -0.39 is 9.84 Å². The van der Waals surface area contributed by atoms with Crippen molar-refractivity contribution in [1.82, 2.24) is 15.6 Å². The monoisotopic (exact) mass is 341 g/mol. The van der Waals surface area contributed by atoms with Gasteiger partial charge in [0.2, 0.25) is 11.8 Å². The van der Waals surface area contributed by atoms with Crippen molar-refractivity contribution < 1.29 is 22.7 Å². The van der Waals surface area contributed by atoms with Gasteiger partial charge in [-0.25, -0.2) is 13.4 Å². The van der Waals surface area contributed by atoms with Crippen molar-refractivity contribution in [3.63, 3.8) is 0 Å². The molecule has 1 atom stereocenters. The topological polar surface area (TPSA) is 114 Å². The van der Waals surface area contributed by atoms with E-state index in [-0.39, 0.29) is 53.8 Å². The van der Waals surface area contributed by atoms with Gasteiger partial charge in [0, 0.05) is 25.2 Å². The summed E-state index contributed by atoms with van der Waals surface area (Å²) in [5.41, 5.74) is 0.289. The Morgan fingerprint density at radius 3 is 2.87 bits per heavy atom. The summed E-state index contributed by atoms with van der Waals surface area (Å²) in [6, 6.07) is 2.86. The molecule has 0 unspecified atom stereocenters. The number of sulfone groups is 1. The second-order valence-electron chi connectivity index (χ2n) is 5.23. The fraction of sp³-hybridized carbons (Fsp3) is 0.500. The minimum atomic E-state index is -3.02. The van der Waals surface area contributed by atoms with Crippen molar-refractivity contribution in [3.8, 4) is 5.88 Å². The van der Waals surface area contributed by atoms with E-state index in [1.807, 2.05) is 0 Å². The van der Waals surface area contributed by atoms with Gasteiger partial charge in [0.15, 0.2) is 9.84 Å². The first-order valence-corrected chi connectivity index (χ1v) is 9.00. The Balaban J connectivity index is 1.76. The van der Waals surface area contributed by atoms with Crippen LogP contribution in [0.1, 0.15) is 23.2 Å². The molecule has 2 amide bonds. The van der Waals surface area contributed by atoms with Gasteiger partial charge >= 0.3 is 0 Å². The number of carbonyl (C=O) groups excluding carboxylic acids is 2. The first-order chi connectivity index (χ1) is 10.9. The second kappa shape index (κ2) is 7.40. The van der Waals surface area contributed by atoms with Crippen LogP contribution in [0, 0.1) is 0 Å². The molecule has 2 heterocycles. The van der Waals surface area contributed by atoms with Crippen LogP contribution in [-0.4, -0.2) is 56.4 Å². The maximum atomic E-state index is 12.0. The molecule has 1 fully saturated rings. The fourth-order valence-electron chi connectivity index (χ4n) is 2.32. The average molecular weight is 341 g/mol. The molecule has 0 bridgehead atoms. The van der Waals surface area contributed by atoms with Crippen LogP contribution in [0.15, 0.2) is 18.3 Å². The Morgan fingerprint density at radius 1 is 1.43 bits per heavy atom. The number of nitrogens with one attached hydrogen (secondary N) is 2. The predicted molar refractivity (Wildman–Crippen MR) is 82.9 cm³/mol. The van der Waals surface area contributed by atoms with Crippen molar-refractivity contribution in [3.05, 3.63) is 23.9 Å². The molecule has 9 heteroatoms. The number of pyridine rings is 1. The average Bonchev–Trinajstić information content (AvgIpc) is 2.85. The zero-order valence-corrected chi connectivity index (χ0v) is 13.6. The van der Waals surface area contributed by atoms with Gasteiger partial charge in [0.05, 0.1) is 18.6 Å². The van der Waals surface area contributed by atoms with E-state index in [1.54, 1.807) is 12.1 Å². The van der Waals surface area contributed by atoms with Crippen LogP contribution in [0.5, 0.6) is 5.88 Å². The highest BCUT2D eigenvalue weighted by atomic mass is 32.2. The summed E-state index contributed by atoms with van der Waals surface area (Å²) in [6.07, 6.45) is 2.02. The van der Waals surface area contributed by atoms with Gasteiger partial charge in [-0.15, -0.1) is 0 Å². The third-order valence-electron chi connectivity index (χ3n) is 3.44. The summed E-state index contributed by atoms with van der Waals surface area (Å²) < 4.78 is 27.6. The number of methoxy groups -OCH3 is 1. The van der Waals surface area contributed by atoms with E-state index in [2.05, 4.69) is 15.6 Å². The van der Waals surface area contributed by atoms with Gasteiger partial charge in [-0.3, -0.25) is 9.59 Å². The molecule has 23 heavy (non-hydrogen) atoms. The molecule has 8 nitrogen and oxygen atoms in total. The molecule has 126 valence electrons. The zero-order valence-electron chi connectivity index (χ0n) is 12.7. The van der Waals surface area contributed by atoms with Crippen molar-refractivity contribution >= 4 is 21.7 Å². The summed E-state index contributed by atoms with van der Waals surface area (Å²) in [6.45, 7) is 0.141. The summed E-state index contributed by atoms with van der Waals surface area (Å²) >= 11 is 0. The van der Waals surface area contributed by atoms with Crippen LogP contribution in [0.3, 0.4) is 0 Å². The number of hydrogen-bond donors (Lipinski definition) is 2. The minimum absolute atomic E-state index is 0.0159. The van der Waals surface area contributed by atoms with Crippen molar-refractivity contribution in [1.29, 1.82) is 0 Å². The van der Waals surface area contributed by atoms with E-state index in [1.165, 1.54) is 13.3 Å². The highest BCUT2D eigenvalue weighted by Crippen LogP contribution is 2.13. The lowest BCUT2D eigenvalue weighted by Gasteiger charge is -2.11. The second-order valence-corrected chi connectivity index (χ2v) is 7.46. The van der Waals surface area contributed by atoms with Crippen LogP contribution in [0.25, 0.3) is 0 Å². The van der Waals surface area contributed by atoms with Gasteiger partial charge in [0.1, 0.15) is 5.56 Å². The standard InChI is InChI=1S/C14H19N3O5S/c1-22-14-11(3-2-6-16-14)13(19)15-7-4-12(18)17-10-5-8-23(20,21)9-10/h2-3,6,10H,4-5,7-9H2,1H3,(H,15,19)(H,17,18)/t10-/m0/s1. The largest absolute Gasteiger partial charge is 0.480 e. The van der Waals surface area contributed by atoms with Crippen LogP contribution in [-0.2, 0) is 14.6 Å². The molecule has 1 aliphatic rings. The van der Waals surface area contributed by atoms with Gasteiger partial charge in [-0.05, 0) is 18.6 Å². The van der Waals surface area contributed by atoms with Crippen LogP contribution in [0.2, 0.25) is 0 Å². The molecular formula is C14H19N3O5S. The highest BCUT2D eigenvalue weighted by Gasteiger charge is 2.28. The first-order valence-electron chi connectivity index (χ1n) is 7.18. The number of amides is 2. The smallest absolute Gasteiger partial charge is 0.256 e. The summed E-state index contributed by atoms with van der Waals surface area (Å²) in [7, 11) is -1.61. The number of ether oxygens (including phenoxy) is 1. The van der Waals surface area contributed by atoms with Crippen molar-refractivity contribution in [2.24, 2.45) is 0 Å². The van der Waals surface area contributed by atoms with E-state index >= 15 is 0 Å². The van der Waals surface area contributed by atoms with E-state index in [0.29, 0.717) is 6.42 Å². The summed E-state index contributed by atoms with van der Waals surface area (Å²) in [5, 5.41) is 5.27. The lowest BCUT2D eigenvalue weighted by atomic mass is 10.2. The number of nitrogens with zero attached hydrogens (tertiary/aromatic N) is 1. The van der Waals surface area contributed by atoms with E-state index in [4.69, 9.17) is 4.74 Å². The maximum absolute atomic E-state index is 12.0. The fourth-order valence-corrected chi connectivity index (χ4v) is 3.99. The van der Waals surface area contributed by atoms with Crippen LogP contribution >= 0.6 is 0 Å². The molecule has 0 radical (unpaired) electrons. The van der Waals surface area contributed by atoms with Gasteiger partial charge in [-0.2, -0.15) is 0 Å². The number of hydrogen-bond acceptors (Lipinski definition) is 6.